The maximum atomic E-state index is 13.6. The van der Waals surface area contributed by atoms with Crippen LogP contribution in [0.5, 0.6) is 0 Å². The Morgan fingerprint density at radius 3 is 2.64 bits per heavy atom. The first-order valence-electron chi connectivity index (χ1n) is 11.4. The number of nitro groups is 1. The SMILES string of the molecule is Cn1cnc([N+](=O)[O-])c1C[N+](C)(C)C/C=C/C(=O)Nc1ccc2ncnc(Nc3ccc(F)c(Br)c3)c2c1.[Br-]. The number of aryl methyl sites for hydroxylation is 1. The van der Waals surface area contributed by atoms with Gasteiger partial charge in [0.25, 0.3) is 0 Å². The zero-order chi connectivity index (χ0) is 27.4. The van der Waals surface area contributed by atoms with Crippen LogP contribution in [0.15, 0.2) is 65.7 Å². The Morgan fingerprint density at radius 1 is 1.18 bits per heavy atom. The molecular formula is C25H25Br2FN8O3. The number of anilines is 3. The van der Waals surface area contributed by atoms with Gasteiger partial charge in [0.1, 0.15) is 24.5 Å². The van der Waals surface area contributed by atoms with Crippen LogP contribution in [0.3, 0.4) is 0 Å². The second-order valence-electron chi connectivity index (χ2n) is 9.26. The molecule has 0 atom stereocenters. The highest BCUT2D eigenvalue weighted by Gasteiger charge is 2.26. The summed E-state index contributed by atoms with van der Waals surface area (Å²) in [6.45, 7) is 0.826. The van der Waals surface area contributed by atoms with Crippen molar-refractivity contribution >= 4 is 55.8 Å². The van der Waals surface area contributed by atoms with Gasteiger partial charge in [-0.2, -0.15) is 0 Å². The lowest BCUT2D eigenvalue weighted by Crippen LogP contribution is -3.00. The van der Waals surface area contributed by atoms with Gasteiger partial charge in [0.15, 0.2) is 5.69 Å². The van der Waals surface area contributed by atoms with Crippen LogP contribution in [0.4, 0.5) is 27.4 Å². The molecule has 0 fully saturated rings. The topological polar surface area (TPSA) is 128 Å². The molecule has 0 unspecified atom stereocenters. The molecule has 0 saturated heterocycles. The first-order chi connectivity index (χ1) is 18.0. The second-order valence-corrected chi connectivity index (χ2v) is 10.1. The van der Waals surface area contributed by atoms with Gasteiger partial charge < -0.3 is 46.8 Å². The number of halogens is 3. The van der Waals surface area contributed by atoms with Gasteiger partial charge in [-0.15, -0.1) is 0 Å². The number of nitrogens with zero attached hydrogens (tertiary/aromatic N) is 6. The minimum atomic E-state index is -0.493. The van der Waals surface area contributed by atoms with E-state index in [9.17, 15) is 19.3 Å². The number of aromatic nitrogens is 4. The van der Waals surface area contributed by atoms with Crippen LogP contribution in [0, 0.1) is 15.9 Å². The normalized spacial score (nSPS) is 11.4. The highest BCUT2D eigenvalue weighted by molar-refractivity contribution is 9.10. The van der Waals surface area contributed by atoms with Crippen LogP contribution >= 0.6 is 15.9 Å². The number of likely N-dealkylation sites (N-methyl/N-ethyl adjacent to an activating group) is 1. The summed E-state index contributed by atoms with van der Waals surface area (Å²) in [6.07, 6.45) is 5.99. The Hall–Kier alpha value is -3.75. The van der Waals surface area contributed by atoms with Gasteiger partial charge in [0, 0.05) is 29.9 Å². The molecule has 2 N–H and O–H groups in total. The van der Waals surface area contributed by atoms with Gasteiger partial charge in [-0.25, -0.2) is 14.4 Å². The fourth-order valence-corrected chi connectivity index (χ4v) is 4.20. The molecule has 2 aromatic heterocycles. The summed E-state index contributed by atoms with van der Waals surface area (Å²) < 4.78 is 15.9. The molecule has 0 aliphatic carbocycles. The average Bonchev–Trinajstić information content (AvgIpc) is 3.21. The Balaban J connectivity index is 0.00000420. The van der Waals surface area contributed by atoms with Crippen molar-refractivity contribution in [1.82, 2.24) is 19.5 Å². The number of hydrogen-bond acceptors (Lipinski definition) is 7. The molecular weight excluding hydrogens is 639 g/mol. The predicted octanol–water partition coefficient (Wildman–Crippen LogP) is 1.69. The highest BCUT2D eigenvalue weighted by atomic mass is 79.9. The molecule has 0 radical (unpaired) electrons. The summed E-state index contributed by atoms with van der Waals surface area (Å²) >= 11 is 3.17. The van der Waals surface area contributed by atoms with Crippen LogP contribution in [0.25, 0.3) is 10.9 Å². The molecule has 2 aromatic carbocycles. The van der Waals surface area contributed by atoms with E-state index in [-0.39, 0.29) is 34.5 Å². The molecule has 14 heteroatoms. The van der Waals surface area contributed by atoms with E-state index in [0.29, 0.717) is 55.8 Å². The predicted molar refractivity (Wildman–Crippen MR) is 145 cm³/mol. The molecule has 0 aliphatic heterocycles. The summed E-state index contributed by atoms with van der Waals surface area (Å²) in [5.41, 5.74) is 2.35. The van der Waals surface area contributed by atoms with E-state index in [1.165, 1.54) is 24.8 Å². The second kappa shape index (κ2) is 12.4. The van der Waals surface area contributed by atoms with E-state index in [0.717, 1.165) is 0 Å². The van der Waals surface area contributed by atoms with Gasteiger partial charge >= 0.3 is 5.82 Å². The standard InChI is InChI=1S/C25H24BrFN8O3.BrH/c1-33-15-30-25(34(37)38)22(33)13-35(2,3)10-4-5-23(36)31-16-7-9-21-18(11-16)24(29-14-28-21)32-17-6-8-20(27)19(26)12-17;/h4-9,11-12,14-15H,10,13H2,1-3H3,(H-,28,29,31,32,36);1H/b5-4+;. The van der Waals surface area contributed by atoms with Crippen molar-refractivity contribution in [3.05, 3.63) is 87.3 Å². The summed E-state index contributed by atoms with van der Waals surface area (Å²) in [7, 11) is 5.54. The van der Waals surface area contributed by atoms with E-state index in [1.807, 2.05) is 14.1 Å². The minimum absolute atomic E-state index is 0. The first kappa shape index (κ1) is 29.8. The molecule has 0 spiro atoms. The van der Waals surface area contributed by atoms with Gasteiger partial charge in [0.2, 0.25) is 12.2 Å². The Labute approximate surface area is 242 Å². The minimum Gasteiger partial charge on any atom is -1.00 e. The molecule has 0 aliphatic rings. The van der Waals surface area contributed by atoms with E-state index in [4.69, 9.17) is 0 Å². The van der Waals surface area contributed by atoms with Crippen molar-refractivity contribution < 1.29 is 35.6 Å². The van der Waals surface area contributed by atoms with Gasteiger partial charge in [-0.3, -0.25) is 4.79 Å². The molecule has 0 bridgehead atoms. The number of amides is 1. The maximum Gasteiger partial charge on any atom is 0.390 e. The smallest absolute Gasteiger partial charge is 0.390 e. The monoisotopic (exact) mass is 662 g/mol. The lowest BCUT2D eigenvalue weighted by Gasteiger charge is -2.27. The maximum absolute atomic E-state index is 13.6. The third-order valence-corrected chi connectivity index (χ3v) is 6.35. The van der Waals surface area contributed by atoms with Gasteiger partial charge in [-0.05, 0) is 68.3 Å². The van der Waals surface area contributed by atoms with Crippen LogP contribution in [0.1, 0.15) is 5.69 Å². The average molecular weight is 664 g/mol. The number of imidazole rings is 1. The lowest BCUT2D eigenvalue weighted by molar-refractivity contribution is -0.898. The number of fused-ring (bicyclic) bond motifs is 1. The summed E-state index contributed by atoms with van der Waals surface area (Å²) in [5.74, 6) is -0.364. The van der Waals surface area contributed by atoms with Gasteiger partial charge in [-0.1, -0.05) is 0 Å². The van der Waals surface area contributed by atoms with Crippen molar-refractivity contribution in [3.63, 3.8) is 0 Å². The van der Waals surface area contributed by atoms with Crippen molar-refractivity contribution in [2.45, 2.75) is 6.54 Å². The van der Waals surface area contributed by atoms with Crippen LogP contribution in [-0.4, -0.2) is 55.5 Å². The zero-order valence-electron chi connectivity index (χ0n) is 21.2. The fourth-order valence-electron chi connectivity index (χ4n) is 3.82. The number of quaternary nitrogens is 1. The zero-order valence-corrected chi connectivity index (χ0v) is 24.4. The Bertz CT molecular complexity index is 1560. The van der Waals surface area contributed by atoms with E-state index in [2.05, 4.69) is 41.5 Å². The first-order valence-corrected chi connectivity index (χ1v) is 12.2. The van der Waals surface area contributed by atoms with Gasteiger partial charge in [0.05, 0.1) is 30.6 Å². The van der Waals surface area contributed by atoms with Crippen molar-refractivity contribution in [2.75, 3.05) is 31.3 Å². The number of carbonyl (C=O) groups is 1. The van der Waals surface area contributed by atoms with Crippen LogP contribution in [-0.2, 0) is 18.4 Å². The van der Waals surface area contributed by atoms with Crippen molar-refractivity contribution in [2.24, 2.45) is 7.05 Å². The fraction of sp³-hybridized carbons (Fsp3) is 0.200. The number of hydrogen-bond donors (Lipinski definition) is 2. The number of rotatable bonds is 9. The third-order valence-electron chi connectivity index (χ3n) is 5.74. The largest absolute Gasteiger partial charge is 1.00 e. The summed E-state index contributed by atoms with van der Waals surface area (Å²) in [4.78, 5) is 35.8. The molecule has 1 amide bonds. The third kappa shape index (κ3) is 7.43. The molecule has 0 saturated carbocycles. The number of carbonyl (C=O) groups excluding carboxylic acids is 1. The van der Waals surface area contributed by atoms with E-state index < -0.39 is 4.92 Å². The van der Waals surface area contributed by atoms with Crippen molar-refractivity contribution in [3.8, 4) is 0 Å². The molecule has 4 rings (SSSR count). The summed E-state index contributed by atoms with van der Waals surface area (Å²) in [5, 5.41) is 17.9. The number of nitrogens with one attached hydrogen (secondary N) is 2. The van der Waals surface area contributed by atoms with Crippen molar-refractivity contribution in [1.29, 1.82) is 0 Å². The molecule has 204 valence electrons. The molecule has 11 nitrogen and oxygen atoms in total. The van der Waals surface area contributed by atoms with Crippen LogP contribution < -0.4 is 27.6 Å². The highest BCUT2D eigenvalue weighted by Crippen LogP contribution is 2.28. The van der Waals surface area contributed by atoms with E-state index >= 15 is 0 Å². The molecule has 4 aromatic rings. The lowest BCUT2D eigenvalue weighted by atomic mass is 10.2. The van der Waals surface area contributed by atoms with E-state index in [1.54, 1.807) is 48.0 Å². The van der Waals surface area contributed by atoms with Crippen LogP contribution in [0.2, 0.25) is 0 Å². The Kier molecular flexibility index (Phi) is 9.48. The Morgan fingerprint density at radius 2 is 1.92 bits per heavy atom. The molecule has 2 heterocycles. The number of benzene rings is 2. The molecule has 39 heavy (non-hydrogen) atoms. The summed E-state index contributed by atoms with van der Waals surface area (Å²) in [6, 6.07) is 9.79. The quantitative estimate of drug-likeness (QED) is 0.121.